The number of carbonyl (C=O) groups excluding carboxylic acids is 1. The first-order chi connectivity index (χ1) is 9.04. The van der Waals surface area contributed by atoms with Gasteiger partial charge in [-0.05, 0) is 6.92 Å². The highest BCUT2D eigenvalue weighted by Crippen LogP contribution is 2.16. The van der Waals surface area contributed by atoms with Gasteiger partial charge in [0.25, 0.3) is 0 Å². The Kier molecular flexibility index (Phi) is 6.30. The second-order valence-corrected chi connectivity index (χ2v) is 4.58. The number of carbonyl (C=O) groups is 2. The molecule has 2 N–H and O–H groups in total. The molecule has 0 spiro atoms. The number of aliphatic carboxylic acids is 1. The molecule has 0 atom stereocenters. The minimum absolute atomic E-state index is 0.0600. The number of amides is 1. The molecule has 0 aliphatic carbocycles. The summed E-state index contributed by atoms with van der Waals surface area (Å²) in [4.78, 5) is 22.2. The highest BCUT2D eigenvalue weighted by atomic mass is 32.2. The maximum atomic E-state index is 11.7. The Morgan fingerprint density at radius 2 is 2.21 bits per heavy atom. The van der Waals surface area contributed by atoms with Gasteiger partial charge in [-0.3, -0.25) is 14.2 Å². The van der Waals surface area contributed by atoms with Gasteiger partial charge in [-0.2, -0.15) is 0 Å². The molecule has 0 saturated carbocycles. The number of thioether (sulfide) groups is 1. The average molecular weight is 288 g/mol. The number of ether oxygens (including phenoxy) is 1. The van der Waals surface area contributed by atoms with Gasteiger partial charge in [0, 0.05) is 13.7 Å². The zero-order valence-corrected chi connectivity index (χ0v) is 11.6. The molecule has 1 rings (SSSR count). The van der Waals surface area contributed by atoms with Gasteiger partial charge in [0.2, 0.25) is 5.91 Å². The van der Waals surface area contributed by atoms with E-state index in [-0.39, 0.29) is 18.2 Å². The lowest BCUT2D eigenvalue weighted by molar-refractivity contribution is -0.133. The van der Waals surface area contributed by atoms with E-state index in [1.165, 1.54) is 0 Å². The van der Waals surface area contributed by atoms with Gasteiger partial charge in [-0.15, -0.1) is 10.2 Å². The van der Waals surface area contributed by atoms with E-state index in [0.29, 0.717) is 24.1 Å². The largest absolute Gasteiger partial charge is 0.481 e. The molecule has 106 valence electrons. The number of nitrogens with zero attached hydrogens (tertiary/aromatic N) is 3. The topological polar surface area (TPSA) is 106 Å². The van der Waals surface area contributed by atoms with Gasteiger partial charge in [0.1, 0.15) is 12.4 Å². The predicted octanol–water partition coefficient (Wildman–Crippen LogP) is -0.474. The van der Waals surface area contributed by atoms with Crippen LogP contribution in [-0.4, -0.2) is 57.8 Å². The van der Waals surface area contributed by atoms with Crippen molar-refractivity contribution in [1.29, 1.82) is 0 Å². The molecule has 0 aromatic carbocycles. The zero-order chi connectivity index (χ0) is 14.3. The SMILES string of the molecule is COCCNC(=O)Cn1c(C)nnc1SCC(=O)O. The predicted molar refractivity (Wildman–Crippen MR) is 68.0 cm³/mol. The van der Waals surface area contributed by atoms with E-state index in [4.69, 9.17) is 9.84 Å². The maximum Gasteiger partial charge on any atom is 0.313 e. The summed E-state index contributed by atoms with van der Waals surface area (Å²) in [5, 5.41) is 19.4. The van der Waals surface area contributed by atoms with E-state index in [9.17, 15) is 9.59 Å². The van der Waals surface area contributed by atoms with Crippen LogP contribution in [0.25, 0.3) is 0 Å². The smallest absolute Gasteiger partial charge is 0.313 e. The fourth-order valence-electron chi connectivity index (χ4n) is 1.27. The average Bonchev–Trinajstić information content (AvgIpc) is 2.69. The Morgan fingerprint density at radius 1 is 1.47 bits per heavy atom. The Balaban J connectivity index is 2.58. The third-order valence-corrected chi connectivity index (χ3v) is 3.11. The van der Waals surface area contributed by atoms with Crippen LogP contribution in [0.3, 0.4) is 0 Å². The van der Waals surface area contributed by atoms with Crippen molar-refractivity contribution in [3.8, 4) is 0 Å². The van der Waals surface area contributed by atoms with Gasteiger partial charge in [0.15, 0.2) is 5.16 Å². The molecule has 0 fully saturated rings. The number of hydrogen-bond acceptors (Lipinski definition) is 6. The summed E-state index contributed by atoms with van der Waals surface area (Å²) in [7, 11) is 1.55. The molecular weight excluding hydrogens is 272 g/mol. The normalized spacial score (nSPS) is 10.4. The van der Waals surface area contributed by atoms with E-state index in [1.807, 2.05) is 0 Å². The number of aromatic nitrogens is 3. The van der Waals surface area contributed by atoms with Crippen LogP contribution in [0.1, 0.15) is 5.82 Å². The van der Waals surface area contributed by atoms with E-state index < -0.39 is 5.97 Å². The van der Waals surface area contributed by atoms with Gasteiger partial charge in [-0.1, -0.05) is 11.8 Å². The Bertz CT molecular complexity index is 449. The molecule has 1 amide bonds. The Hall–Kier alpha value is -1.61. The molecule has 0 aliphatic heterocycles. The lowest BCUT2D eigenvalue weighted by Gasteiger charge is -2.08. The highest BCUT2D eigenvalue weighted by molar-refractivity contribution is 7.99. The first-order valence-electron chi connectivity index (χ1n) is 5.54. The second kappa shape index (κ2) is 7.74. The monoisotopic (exact) mass is 288 g/mol. The molecule has 0 saturated heterocycles. The standard InChI is InChI=1S/C10H16N4O4S/c1-7-12-13-10(19-6-9(16)17)14(7)5-8(15)11-3-4-18-2/h3-6H2,1-2H3,(H,11,15)(H,16,17). The van der Waals surface area contributed by atoms with Crippen molar-refractivity contribution in [2.45, 2.75) is 18.6 Å². The number of hydrogen-bond donors (Lipinski definition) is 2. The first kappa shape index (κ1) is 15.4. The molecular formula is C10H16N4O4S. The number of carboxylic acids is 1. The third-order valence-electron chi connectivity index (χ3n) is 2.16. The number of rotatable bonds is 8. The number of methoxy groups -OCH3 is 1. The molecule has 0 radical (unpaired) electrons. The zero-order valence-electron chi connectivity index (χ0n) is 10.8. The second-order valence-electron chi connectivity index (χ2n) is 3.64. The first-order valence-corrected chi connectivity index (χ1v) is 6.53. The summed E-state index contributed by atoms with van der Waals surface area (Å²) in [5.74, 6) is -0.697. The van der Waals surface area contributed by atoms with Crippen LogP contribution >= 0.6 is 11.8 Å². The maximum absolute atomic E-state index is 11.7. The van der Waals surface area contributed by atoms with Crippen molar-refractivity contribution in [3.05, 3.63) is 5.82 Å². The van der Waals surface area contributed by atoms with E-state index >= 15 is 0 Å². The van der Waals surface area contributed by atoms with Crippen LogP contribution in [0.2, 0.25) is 0 Å². The molecule has 0 unspecified atom stereocenters. The Labute approximate surface area is 114 Å². The number of nitrogens with one attached hydrogen (secondary N) is 1. The van der Waals surface area contributed by atoms with Crippen LogP contribution < -0.4 is 5.32 Å². The van der Waals surface area contributed by atoms with Gasteiger partial charge < -0.3 is 15.2 Å². The van der Waals surface area contributed by atoms with E-state index in [2.05, 4.69) is 15.5 Å². The Morgan fingerprint density at radius 3 is 2.84 bits per heavy atom. The summed E-state index contributed by atoms with van der Waals surface area (Å²) in [5.41, 5.74) is 0. The van der Waals surface area contributed by atoms with Crippen LogP contribution in [0.4, 0.5) is 0 Å². The van der Waals surface area contributed by atoms with Crippen molar-refractivity contribution in [2.24, 2.45) is 0 Å². The molecule has 19 heavy (non-hydrogen) atoms. The lowest BCUT2D eigenvalue weighted by Crippen LogP contribution is -2.30. The molecule has 1 aromatic rings. The van der Waals surface area contributed by atoms with Gasteiger partial charge in [0.05, 0.1) is 12.4 Å². The van der Waals surface area contributed by atoms with Crippen molar-refractivity contribution in [1.82, 2.24) is 20.1 Å². The summed E-state index contributed by atoms with van der Waals surface area (Å²) >= 11 is 1.03. The minimum Gasteiger partial charge on any atom is -0.481 e. The fourth-order valence-corrected chi connectivity index (χ4v) is 1.97. The van der Waals surface area contributed by atoms with E-state index in [1.54, 1.807) is 18.6 Å². The molecule has 8 nitrogen and oxygen atoms in total. The number of aryl methyl sites for hydroxylation is 1. The summed E-state index contributed by atoms with van der Waals surface area (Å²) < 4.78 is 6.40. The van der Waals surface area contributed by atoms with E-state index in [0.717, 1.165) is 11.8 Å². The molecule has 1 aromatic heterocycles. The highest BCUT2D eigenvalue weighted by Gasteiger charge is 2.13. The third kappa shape index (κ3) is 5.26. The van der Waals surface area contributed by atoms with Gasteiger partial charge >= 0.3 is 5.97 Å². The van der Waals surface area contributed by atoms with Crippen molar-refractivity contribution in [2.75, 3.05) is 26.0 Å². The lowest BCUT2D eigenvalue weighted by atomic mass is 10.5. The van der Waals surface area contributed by atoms with Crippen LogP contribution in [-0.2, 0) is 20.9 Å². The number of carboxylic acid groups (broad SMARTS) is 1. The van der Waals surface area contributed by atoms with Crippen molar-refractivity contribution >= 4 is 23.6 Å². The quantitative estimate of drug-likeness (QED) is 0.492. The molecule has 9 heteroatoms. The fraction of sp³-hybridized carbons (Fsp3) is 0.600. The van der Waals surface area contributed by atoms with Crippen LogP contribution in [0.5, 0.6) is 0 Å². The summed E-state index contributed by atoms with van der Waals surface area (Å²) in [6, 6.07) is 0. The van der Waals surface area contributed by atoms with Crippen LogP contribution in [0.15, 0.2) is 5.16 Å². The summed E-state index contributed by atoms with van der Waals surface area (Å²) in [6.45, 7) is 2.63. The molecule has 0 bridgehead atoms. The minimum atomic E-state index is -0.943. The van der Waals surface area contributed by atoms with Crippen molar-refractivity contribution in [3.63, 3.8) is 0 Å². The van der Waals surface area contributed by atoms with Gasteiger partial charge in [-0.25, -0.2) is 0 Å². The molecule has 1 heterocycles. The van der Waals surface area contributed by atoms with Crippen molar-refractivity contribution < 1.29 is 19.4 Å². The summed E-state index contributed by atoms with van der Waals surface area (Å²) in [6.07, 6.45) is 0. The molecule has 0 aliphatic rings. The van der Waals surface area contributed by atoms with Crippen LogP contribution in [0, 0.1) is 6.92 Å².